The summed E-state index contributed by atoms with van der Waals surface area (Å²) in [7, 11) is 0. The molecule has 0 saturated carbocycles. The van der Waals surface area contributed by atoms with Gasteiger partial charge in [-0.15, -0.1) is 0 Å². The van der Waals surface area contributed by atoms with Gasteiger partial charge in [-0.2, -0.15) is 0 Å². The summed E-state index contributed by atoms with van der Waals surface area (Å²) in [6, 6.07) is 17.6. The summed E-state index contributed by atoms with van der Waals surface area (Å²) in [6.07, 6.45) is 4.41. The Morgan fingerprint density at radius 3 is 2.20 bits per heavy atom. The summed E-state index contributed by atoms with van der Waals surface area (Å²) in [5, 5.41) is 8.95. The molecule has 4 nitrogen and oxygen atoms in total. The van der Waals surface area contributed by atoms with Gasteiger partial charge in [0.15, 0.2) is 0 Å². The van der Waals surface area contributed by atoms with E-state index in [4.69, 9.17) is 5.11 Å². The molecule has 1 N–H and O–H groups in total. The van der Waals surface area contributed by atoms with Gasteiger partial charge in [0.1, 0.15) is 0 Å². The van der Waals surface area contributed by atoms with Gasteiger partial charge >= 0.3 is 5.97 Å². The average molecular weight is 336 g/mol. The number of hydrogen-bond acceptors (Lipinski definition) is 3. The minimum Gasteiger partial charge on any atom is -0.478 e. The summed E-state index contributed by atoms with van der Waals surface area (Å²) < 4.78 is 0. The Morgan fingerprint density at radius 1 is 0.920 bits per heavy atom. The zero-order valence-electron chi connectivity index (χ0n) is 14.3. The average Bonchev–Trinajstić information content (AvgIpc) is 2.64. The molecule has 25 heavy (non-hydrogen) atoms. The van der Waals surface area contributed by atoms with Crippen molar-refractivity contribution in [3.05, 3.63) is 77.4 Å². The smallest absolute Gasteiger partial charge is 0.335 e. The highest BCUT2D eigenvalue weighted by molar-refractivity contribution is 5.87. The van der Waals surface area contributed by atoms with E-state index < -0.39 is 5.97 Å². The fourth-order valence-electron chi connectivity index (χ4n) is 3.04. The van der Waals surface area contributed by atoms with Crippen LogP contribution in [0, 0.1) is 0 Å². The molecule has 3 rings (SSSR count). The van der Waals surface area contributed by atoms with Crippen LogP contribution in [0.25, 0.3) is 6.08 Å². The second-order valence-corrected chi connectivity index (χ2v) is 6.39. The lowest BCUT2D eigenvalue weighted by Crippen LogP contribution is -2.45. The van der Waals surface area contributed by atoms with Gasteiger partial charge in [-0.25, -0.2) is 4.79 Å². The van der Waals surface area contributed by atoms with Crippen molar-refractivity contribution >= 4 is 12.0 Å². The lowest BCUT2D eigenvalue weighted by Gasteiger charge is -2.34. The molecule has 0 aliphatic carbocycles. The minimum atomic E-state index is -0.872. The van der Waals surface area contributed by atoms with E-state index in [1.165, 1.54) is 11.1 Å². The molecule has 2 aromatic rings. The van der Waals surface area contributed by atoms with Crippen LogP contribution in [0.4, 0.5) is 0 Å². The molecule has 0 atom stereocenters. The van der Waals surface area contributed by atoms with Gasteiger partial charge in [-0.1, -0.05) is 54.6 Å². The fraction of sp³-hybridized carbons (Fsp3) is 0.286. The molecule has 1 aliphatic rings. The van der Waals surface area contributed by atoms with Gasteiger partial charge in [0.25, 0.3) is 0 Å². The van der Waals surface area contributed by atoms with Gasteiger partial charge in [-0.3, -0.25) is 9.80 Å². The Balaban J connectivity index is 1.42. The predicted molar refractivity (Wildman–Crippen MR) is 101 cm³/mol. The highest BCUT2D eigenvalue weighted by Crippen LogP contribution is 2.11. The zero-order chi connectivity index (χ0) is 17.5. The molecule has 0 amide bonds. The number of benzene rings is 2. The number of piperazine rings is 1. The maximum absolute atomic E-state index is 10.9. The Morgan fingerprint density at radius 2 is 1.56 bits per heavy atom. The zero-order valence-corrected chi connectivity index (χ0v) is 14.3. The van der Waals surface area contributed by atoms with E-state index in [9.17, 15) is 4.79 Å². The predicted octanol–water partition coefficient (Wildman–Crippen LogP) is 3.22. The number of carboxylic acid groups (broad SMARTS) is 1. The first-order valence-corrected chi connectivity index (χ1v) is 8.69. The fourth-order valence-corrected chi connectivity index (χ4v) is 3.04. The first-order chi connectivity index (χ1) is 12.2. The number of rotatable bonds is 6. The van der Waals surface area contributed by atoms with Crippen molar-refractivity contribution in [2.24, 2.45) is 0 Å². The van der Waals surface area contributed by atoms with Crippen LogP contribution in [0.15, 0.2) is 60.7 Å². The molecule has 1 fully saturated rings. The van der Waals surface area contributed by atoms with Crippen LogP contribution in [-0.4, -0.2) is 53.6 Å². The number of nitrogens with zero attached hydrogens (tertiary/aromatic N) is 2. The van der Waals surface area contributed by atoms with Crippen LogP contribution in [0.1, 0.15) is 21.5 Å². The van der Waals surface area contributed by atoms with Gasteiger partial charge in [0.05, 0.1) is 5.56 Å². The molecular weight excluding hydrogens is 312 g/mol. The molecule has 1 aliphatic heterocycles. The van der Waals surface area contributed by atoms with Crippen molar-refractivity contribution in [3.63, 3.8) is 0 Å². The van der Waals surface area contributed by atoms with Crippen molar-refractivity contribution in [1.82, 2.24) is 9.80 Å². The van der Waals surface area contributed by atoms with E-state index in [0.29, 0.717) is 5.56 Å². The van der Waals surface area contributed by atoms with E-state index in [1.807, 2.05) is 18.2 Å². The maximum Gasteiger partial charge on any atom is 0.335 e. The van der Waals surface area contributed by atoms with Crippen LogP contribution in [0.3, 0.4) is 0 Å². The monoisotopic (exact) mass is 336 g/mol. The molecular formula is C21H24N2O2. The van der Waals surface area contributed by atoms with Crippen molar-refractivity contribution in [3.8, 4) is 0 Å². The summed E-state index contributed by atoms with van der Waals surface area (Å²) in [5.74, 6) is -0.872. The third-order valence-electron chi connectivity index (χ3n) is 4.55. The first-order valence-electron chi connectivity index (χ1n) is 8.69. The van der Waals surface area contributed by atoms with Crippen LogP contribution >= 0.6 is 0 Å². The number of carboxylic acids is 1. The second kappa shape index (κ2) is 8.60. The van der Waals surface area contributed by atoms with Gasteiger partial charge in [0, 0.05) is 39.3 Å². The summed E-state index contributed by atoms with van der Waals surface area (Å²) >= 11 is 0. The highest BCUT2D eigenvalue weighted by atomic mass is 16.4. The standard InChI is InChI=1S/C21H24N2O2/c24-21(25)20-10-8-19(9-11-20)17-23-15-13-22(14-16-23)12-4-7-18-5-2-1-3-6-18/h1-11H,12-17H2,(H,24,25)/b7-4+. The first kappa shape index (κ1) is 17.4. The molecule has 0 bridgehead atoms. The molecule has 4 heteroatoms. The van der Waals surface area contributed by atoms with E-state index in [-0.39, 0.29) is 0 Å². The second-order valence-electron chi connectivity index (χ2n) is 6.39. The highest BCUT2D eigenvalue weighted by Gasteiger charge is 2.16. The van der Waals surface area contributed by atoms with Crippen LogP contribution in [-0.2, 0) is 6.54 Å². The largest absolute Gasteiger partial charge is 0.478 e. The number of hydrogen-bond donors (Lipinski definition) is 1. The normalized spacial score (nSPS) is 16.3. The Hall–Kier alpha value is -2.43. The molecule has 0 unspecified atom stereocenters. The van der Waals surface area contributed by atoms with E-state index in [1.54, 1.807) is 12.1 Å². The Labute approximate surface area is 149 Å². The molecule has 2 aromatic carbocycles. The Kier molecular flexibility index (Phi) is 5.99. The molecule has 0 radical (unpaired) electrons. The van der Waals surface area contributed by atoms with Crippen LogP contribution in [0.2, 0.25) is 0 Å². The molecule has 1 heterocycles. The van der Waals surface area contributed by atoms with E-state index in [2.05, 4.69) is 46.2 Å². The summed E-state index contributed by atoms with van der Waals surface area (Å²) in [5.41, 5.74) is 2.76. The third kappa shape index (κ3) is 5.28. The van der Waals surface area contributed by atoms with Crippen molar-refractivity contribution in [2.75, 3.05) is 32.7 Å². The van der Waals surface area contributed by atoms with Crippen LogP contribution < -0.4 is 0 Å². The quantitative estimate of drug-likeness (QED) is 0.880. The molecule has 0 spiro atoms. The third-order valence-corrected chi connectivity index (χ3v) is 4.55. The maximum atomic E-state index is 10.9. The molecule has 130 valence electrons. The van der Waals surface area contributed by atoms with Gasteiger partial charge in [-0.05, 0) is 23.3 Å². The van der Waals surface area contributed by atoms with Gasteiger partial charge < -0.3 is 5.11 Å². The number of aromatic carboxylic acids is 1. The summed E-state index contributed by atoms with van der Waals surface area (Å²) in [4.78, 5) is 15.8. The van der Waals surface area contributed by atoms with E-state index >= 15 is 0 Å². The lowest BCUT2D eigenvalue weighted by molar-refractivity contribution is 0.0697. The lowest BCUT2D eigenvalue weighted by atomic mass is 10.1. The topological polar surface area (TPSA) is 43.8 Å². The Bertz CT molecular complexity index is 702. The molecule has 1 saturated heterocycles. The van der Waals surface area contributed by atoms with E-state index in [0.717, 1.165) is 39.3 Å². The van der Waals surface area contributed by atoms with Crippen molar-refractivity contribution in [1.29, 1.82) is 0 Å². The summed E-state index contributed by atoms with van der Waals surface area (Å²) in [6.45, 7) is 6.07. The molecule has 0 aromatic heterocycles. The van der Waals surface area contributed by atoms with Crippen molar-refractivity contribution < 1.29 is 9.90 Å². The number of carbonyl (C=O) groups is 1. The SMILES string of the molecule is O=C(O)c1ccc(CN2CCN(C/C=C/c3ccccc3)CC2)cc1. The van der Waals surface area contributed by atoms with Crippen molar-refractivity contribution in [2.45, 2.75) is 6.54 Å². The van der Waals surface area contributed by atoms with Crippen LogP contribution in [0.5, 0.6) is 0 Å². The minimum absolute atomic E-state index is 0.346. The van der Waals surface area contributed by atoms with Gasteiger partial charge in [0.2, 0.25) is 0 Å².